The van der Waals surface area contributed by atoms with Crippen molar-refractivity contribution in [1.82, 2.24) is 14.9 Å². The van der Waals surface area contributed by atoms with E-state index in [0.717, 1.165) is 10.8 Å². The Bertz CT molecular complexity index is 626. The average Bonchev–Trinajstić information content (AvgIpc) is 2.81. The monoisotopic (exact) mass is 329 g/mol. The summed E-state index contributed by atoms with van der Waals surface area (Å²) >= 11 is 0. The Morgan fingerprint density at radius 3 is 2.70 bits per heavy atom. The number of carbonyl (C=O) groups is 3. The molecule has 0 spiro atoms. The van der Waals surface area contributed by atoms with E-state index >= 15 is 0 Å². The average molecular weight is 329 g/mol. The summed E-state index contributed by atoms with van der Waals surface area (Å²) in [6, 6.07) is -1.10. The smallest absolute Gasteiger partial charge is 0.381 e. The van der Waals surface area contributed by atoms with Gasteiger partial charge in [-0.2, -0.15) is 4.57 Å². The number of hydrogen-bond acceptors (Lipinski definition) is 8. The summed E-state index contributed by atoms with van der Waals surface area (Å²) in [6.07, 6.45) is -0.675. The van der Waals surface area contributed by atoms with Gasteiger partial charge in [0.25, 0.3) is 5.91 Å². The fourth-order valence-electron chi connectivity index (χ4n) is 1.66. The third-order valence-corrected chi connectivity index (χ3v) is 2.51. The molecule has 1 aromatic heterocycles. The number of nitrogens with zero attached hydrogens (tertiary/aromatic N) is 3. The predicted octanol–water partition coefficient (Wildman–Crippen LogP) is -0.627. The van der Waals surface area contributed by atoms with Crippen molar-refractivity contribution in [2.75, 3.05) is 13.2 Å². The van der Waals surface area contributed by atoms with Crippen LogP contribution in [0.15, 0.2) is 6.20 Å². The van der Waals surface area contributed by atoms with Crippen LogP contribution in [0.1, 0.15) is 19.0 Å². The number of imidazole rings is 1. The van der Waals surface area contributed by atoms with Crippen LogP contribution in [0.5, 0.6) is 0 Å². The first-order valence-corrected chi connectivity index (χ1v) is 6.33. The summed E-state index contributed by atoms with van der Waals surface area (Å²) in [7, 11) is 0. The lowest BCUT2D eigenvalue weighted by atomic mass is 10.5. The van der Waals surface area contributed by atoms with Gasteiger partial charge in [-0.05, 0) is 11.8 Å². The number of nitro groups is 1. The van der Waals surface area contributed by atoms with E-state index in [-0.39, 0.29) is 12.4 Å². The molecule has 0 radical (unpaired) electrons. The van der Waals surface area contributed by atoms with Crippen molar-refractivity contribution in [1.29, 1.82) is 0 Å². The van der Waals surface area contributed by atoms with Gasteiger partial charge in [0.05, 0.1) is 6.61 Å². The van der Waals surface area contributed by atoms with Gasteiger partial charge in [-0.15, -0.1) is 0 Å². The zero-order valence-electron chi connectivity index (χ0n) is 12.3. The molecule has 0 aromatic carbocycles. The third-order valence-electron chi connectivity index (χ3n) is 2.51. The lowest BCUT2D eigenvalue weighted by Crippen LogP contribution is -2.38. The fraction of sp³-hybridized carbons (Fsp3) is 0.455. The first-order chi connectivity index (χ1) is 10.8. The maximum Gasteiger partial charge on any atom is 0.381 e. The number of carbonyl (C=O) groups excluding carboxylic acids is 3. The Hall–Kier alpha value is -3.02. The molecule has 1 atom stereocenters. The first kappa shape index (κ1) is 18.0. The maximum absolute atomic E-state index is 12.0. The summed E-state index contributed by atoms with van der Waals surface area (Å²) < 4.78 is 10.7. The molecule has 12 heteroatoms. The maximum atomic E-state index is 12.0. The number of rotatable bonds is 7. The Morgan fingerprint density at radius 1 is 1.52 bits per heavy atom. The minimum Gasteiger partial charge on any atom is -0.461 e. The first-order valence-electron chi connectivity index (χ1n) is 6.33. The van der Waals surface area contributed by atoms with Gasteiger partial charge in [-0.3, -0.25) is 10.1 Å². The highest BCUT2D eigenvalue weighted by Gasteiger charge is 2.34. The van der Waals surface area contributed by atoms with Gasteiger partial charge in [0, 0.05) is 6.92 Å². The summed E-state index contributed by atoms with van der Waals surface area (Å²) in [5.74, 6) is -2.29. The molecule has 0 aliphatic rings. The van der Waals surface area contributed by atoms with Gasteiger partial charge in [-0.25, -0.2) is 14.6 Å². The molecule has 0 saturated carbocycles. The molecule has 126 valence electrons. The van der Waals surface area contributed by atoms with Gasteiger partial charge in [0.2, 0.25) is 0 Å². The molecule has 0 aliphatic heterocycles. The molecule has 23 heavy (non-hydrogen) atoms. The molecular formula is C11H15N5O7. The van der Waals surface area contributed by atoms with E-state index in [1.165, 1.54) is 13.8 Å². The highest BCUT2D eigenvalue weighted by atomic mass is 16.6. The van der Waals surface area contributed by atoms with E-state index in [2.05, 4.69) is 4.98 Å². The Balaban J connectivity index is 3.04. The van der Waals surface area contributed by atoms with E-state index in [4.69, 9.17) is 15.2 Å². The van der Waals surface area contributed by atoms with Crippen molar-refractivity contribution in [3.05, 3.63) is 22.1 Å². The minimum atomic E-state index is -1.61. The molecule has 12 nitrogen and oxygen atoms in total. The summed E-state index contributed by atoms with van der Waals surface area (Å²) in [5.41, 5.74) is 4.77. The molecule has 1 heterocycles. The van der Waals surface area contributed by atoms with Crippen molar-refractivity contribution in [2.24, 2.45) is 5.73 Å². The van der Waals surface area contributed by atoms with Gasteiger partial charge in [0.1, 0.15) is 12.8 Å². The third kappa shape index (κ3) is 4.74. The van der Waals surface area contributed by atoms with E-state index in [0.29, 0.717) is 0 Å². The quantitative estimate of drug-likeness (QED) is 0.378. The predicted molar refractivity (Wildman–Crippen MR) is 73.0 cm³/mol. The Morgan fingerprint density at radius 2 is 2.17 bits per heavy atom. The molecule has 1 unspecified atom stereocenters. The summed E-state index contributed by atoms with van der Waals surface area (Å²) in [4.78, 5) is 47.9. The van der Waals surface area contributed by atoms with Crippen molar-refractivity contribution >= 4 is 23.7 Å². The van der Waals surface area contributed by atoms with Crippen molar-refractivity contribution in [2.45, 2.75) is 20.1 Å². The number of amides is 3. The van der Waals surface area contributed by atoms with Crippen LogP contribution in [0, 0.1) is 17.0 Å². The number of nitrogens with one attached hydrogen (secondary N) is 1. The Kier molecular flexibility index (Phi) is 6.14. The van der Waals surface area contributed by atoms with Crippen LogP contribution in [0.3, 0.4) is 0 Å². The SMILES string of the molecule is CCOC(=O)C(OCC(=O)NC(N)=O)n1c([N+](=O)[O-])cnc1C. The molecule has 1 aromatic rings. The normalized spacial score (nSPS) is 11.6. The largest absolute Gasteiger partial charge is 0.461 e. The van der Waals surface area contributed by atoms with Crippen LogP contribution in [0.4, 0.5) is 10.6 Å². The summed E-state index contributed by atoms with van der Waals surface area (Å²) in [6.45, 7) is 2.19. The molecule has 0 fully saturated rings. The molecule has 1 rings (SSSR count). The lowest BCUT2D eigenvalue weighted by Gasteiger charge is -2.15. The second-order valence-electron chi connectivity index (χ2n) is 4.12. The van der Waals surface area contributed by atoms with E-state index < -0.39 is 41.5 Å². The van der Waals surface area contributed by atoms with E-state index in [1.54, 1.807) is 5.32 Å². The highest BCUT2D eigenvalue weighted by Crippen LogP contribution is 2.22. The fourth-order valence-corrected chi connectivity index (χ4v) is 1.66. The number of primary amides is 1. The van der Waals surface area contributed by atoms with Crippen LogP contribution in [0.25, 0.3) is 0 Å². The lowest BCUT2D eigenvalue weighted by molar-refractivity contribution is -0.393. The number of aryl methyl sites for hydroxylation is 1. The number of nitrogens with two attached hydrogens (primary N) is 1. The molecule has 0 aliphatic carbocycles. The number of urea groups is 1. The molecule has 3 amide bonds. The topological polar surface area (TPSA) is 169 Å². The van der Waals surface area contributed by atoms with Gasteiger partial charge >= 0.3 is 24.0 Å². The van der Waals surface area contributed by atoms with Gasteiger partial charge in [0.15, 0.2) is 5.82 Å². The standard InChI is InChI=1S/C11H15N5O7/c1-3-22-10(18)9(23-5-7(17)14-11(12)19)15-6(2)13-4-8(15)16(20)21/h4,9H,3,5H2,1-2H3,(H3,12,14,17,19). The molecule has 0 saturated heterocycles. The zero-order chi connectivity index (χ0) is 17.6. The highest BCUT2D eigenvalue weighted by molar-refractivity contribution is 5.94. The molecular weight excluding hydrogens is 314 g/mol. The number of hydrogen-bond donors (Lipinski definition) is 2. The van der Waals surface area contributed by atoms with Crippen molar-refractivity contribution in [3.63, 3.8) is 0 Å². The van der Waals surface area contributed by atoms with Crippen LogP contribution in [-0.2, 0) is 19.1 Å². The zero-order valence-corrected chi connectivity index (χ0v) is 12.3. The van der Waals surface area contributed by atoms with Crippen molar-refractivity contribution < 1.29 is 28.8 Å². The van der Waals surface area contributed by atoms with Crippen LogP contribution < -0.4 is 11.1 Å². The van der Waals surface area contributed by atoms with Crippen LogP contribution in [0.2, 0.25) is 0 Å². The number of imide groups is 1. The van der Waals surface area contributed by atoms with E-state index in [9.17, 15) is 24.5 Å². The molecule has 3 N–H and O–H groups in total. The number of esters is 1. The van der Waals surface area contributed by atoms with Crippen LogP contribution >= 0.6 is 0 Å². The van der Waals surface area contributed by atoms with E-state index in [1.807, 2.05) is 0 Å². The van der Waals surface area contributed by atoms with Crippen LogP contribution in [-0.4, -0.2) is 45.6 Å². The Labute approximate surface area is 129 Å². The van der Waals surface area contributed by atoms with Crippen molar-refractivity contribution in [3.8, 4) is 0 Å². The number of aromatic nitrogens is 2. The van der Waals surface area contributed by atoms with Gasteiger partial charge in [-0.1, -0.05) is 0 Å². The minimum absolute atomic E-state index is 0.00623. The number of ether oxygens (including phenoxy) is 2. The molecule has 0 bridgehead atoms. The second kappa shape index (κ2) is 7.84. The van der Waals surface area contributed by atoms with Gasteiger partial charge < -0.3 is 25.3 Å². The second-order valence-corrected chi connectivity index (χ2v) is 4.12. The summed E-state index contributed by atoms with van der Waals surface area (Å²) in [5, 5.41) is 12.7.